The lowest BCUT2D eigenvalue weighted by molar-refractivity contribution is -0.137. The van der Waals surface area contributed by atoms with Gasteiger partial charge in [0.25, 0.3) is 11.8 Å². The number of carbonyl (C=O) groups excluding carboxylic acids is 1. The van der Waals surface area contributed by atoms with E-state index in [1.165, 1.54) is 12.1 Å². The summed E-state index contributed by atoms with van der Waals surface area (Å²) in [5.41, 5.74) is 0.705. The zero-order chi connectivity index (χ0) is 21.0. The number of nitrogens with zero attached hydrogens (tertiary/aromatic N) is 2. The summed E-state index contributed by atoms with van der Waals surface area (Å²) in [6, 6.07) is 9.93. The molecule has 3 N–H and O–H groups in total. The molecule has 0 fully saturated rings. The second-order valence-corrected chi connectivity index (χ2v) is 6.07. The predicted octanol–water partition coefficient (Wildman–Crippen LogP) is 3.26. The molecule has 0 aliphatic carbocycles. The van der Waals surface area contributed by atoms with Crippen molar-refractivity contribution in [1.82, 2.24) is 15.5 Å². The quantitative estimate of drug-likeness (QED) is 0.581. The van der Waals surface area contributed by atoms with Gasteiger partial charge in [0.2, 0.25) is 5.82 Å². The van der Waals surface area contributed by atoms with E-state index in [1.807, 2.05) is 0 Å². The fraction of sp³-hybridized carbons (Fsp3) is 0.211. The number of halogens is 3. The number of nitrogens with one attached hydrogen (secondary N) is 2. The third-order valence-electron chi connectivity index (χ3n) is 4.13. The molecular formula is C19H17F3N4O3. The molecule has 1 amide bonds. The Hall–Kier alpha value is -3.40. The smallest absolute Gasteiger partial charge is 0.394 e. The van der Waals surface area contributed by atoms with E-state index in [9.17, 15) is 23.1 Å². The zero-order valence-corrected chi connectivity index (χ0v) is 15.2. The van der Waals surface area contributed by atoms with Gasteiger partial charge in [-0.25, -0.2) is 0 Å². The van der Waals surface area contributed by atoms with E-state index in [1.54, 1.807) is 31.3 Å². The highest BCUT2D eigenvalue weighted by Crippen LogP contribution is 2.30. The Balaban J connectivity index is 1.74. The maximum absolute atomic E-state index is 12.7. The van der Waals surface area contributed by atoms with E-state index in [-0.39, 0.29) is 11.7 Å². The number of hydrogen-bond acceptors (Lipinski definition) is 6. The molecule has 3 rings (SSSR count). The second-order valence-electron chi connectivity index (χ2n) is 6.07. The van der Waals surface area contributed by atoms with Crippen LogP contribution in [0.15, 0.2) is 53.1 Å². The molecule has 0 unspecified atom stereocenters. The highest BCUT2D eigenvalue weighted by Gasteiger charge is 2.30. The van der Waals surface area contributed by atoms with Crippen molar-refractivity contribution < 1.29 is 27.6 Å². The minimum Gasteiger partial charge on any atom is -0.394 e. The van der Waals surface area contributed by atoms with Crippen LogP contribution in [0.2, 0.25) is 0 Å². The lowest BCUT2D eigenvalue weighted by atomic mass is 10.1. The van der Waals surface area contributed by atoms with Crippen molar-refractivity contribution in [2.24, 2.45) is 0 Å². The highest BCUT2D eigenvalue weighted by molar-refractivity contribution is 5.94. The van der Waals surface area contributed by atoms with Crippen LogP contribution >= 0.6 is 0 Å². The second kappa shape index (κ2) is 8.31. The molecule has 1 aromatic heterocycles. The first-order chi connectivity index (χ1) is 13.8. The maximum Gasteiger partial charge on any atom is 0.416 e. The first kappa shape index (κ1) is 20.3. The van der Waals surface area contributed by atoms with Crippen LogP contribution < -0.4 is 10.6 Å². The van der Waals surface area contributed by atoms with Crippen molar-refractivity contribution in [1.29, 1.82) is 0 Å². The minimum atomic E-state index is -4.45. The van der Waals surface area contributed by atoms with Crippen molar-refractivity contribution in [3.05, 3.63) is 65.5 Å². The minimum absolute atomic E-state index is 0.0415. The maximum atomic E-state index is 12.7. The largest absolute Gasteiger partial charge is 0.416 e. The third kappa shape index (κ3) is 4.72. The highest BCUT2D eigenvalue weighted by atomic mass is 19.4. The summed E-state index contributed by atoms with van der Waals surface area (Å²) >= 11 is 0. The monoisotopic (exact) mass is 406 g/mol. The van der Waals surface area contributed by atoms with Gasteiger partial charge in [0.1, 0.15) is 6.04 Å². The number of anilines is 1. The molecule has 2 aromatic carbocycles. The van der Waals surface area contributed by atoms with Gasteiger partial charge in [0, 0.05) is 23.9 Å². The van der Waals surface area contributed by atoms with Gasteiger partial charge in [0.05, 0.1) is 12.2 Å². The van der Waals surface area contributed by atoms with E-state index >= 15 is 0 Å². The molecular weight excluding hydrogens is 389 g/mol. The predicted molar refractivity (Wildman–Crippen MR) is 98.0 cm³/mol. The van der Waals surface area contributed by atoms with Gasteiger partial charge in [0.15, 0.2) is 0 Å². The SMILES string of the molecule is CNc1ccc(C(=O)N[C@@H](CO)c2nc(-c3ccc(C(F)(F)F)cc3)no2)cc1. The number of aliphatic hydroxyl groups excluding tert-OH is 1. The summed E-state index contributed by atoms with van der Waals surface area (Å²) in [5.74, 6) is -0.483. The zero-order valence-electron chi connectivity index (χ0n) is 15.2. The summed E-state index contributed by atoms with van der Waals surface area (Å²) < 4.78 is 43.1. The summed E-state index contributed by atoms with van der Waals surface area (Å²) in [4.78, 5) is 16.4. The Kier molecular flexibility index (Phi) is 5.83. The van der Waals surface area contributed by atoms with Crippen LogP contribution in [0.5, 0.6) is 0 Å². The van der Waals surface area contributed by atoms with Crippen molar-refractivity contribution in [2.75, 3.05) is 19.0 Å². The Labute approximate surface area is 163 Å². The molecule has 0 aliphatic heterocycles. The number of amides is 1. The normalized spacial score (nSPS) is 12.4. The van der Waals surface area contributed by atoms with Gasteiger partial charge in [-0.1, -0.05) is 17.3 Å². The fourth-order valence-electron chi connectivity index (χ4n) is 2.52. The molecule has 0 spiro atoms. The van der Waals surface area contributed by atoms with Gasteiger partial charge in [-0.15, -0.1) is 0 Å². The molecule has 0 radical (unpaired) electrons. The summed E-state index contributed by atoms with van der Waals surface area (Å²) in [6.07, 6.45) is -4.45. The van der Waals surface area contributed by atoms with Crippen molar-refractivity contribution in [3.8, 4) is 11.4 Å². The number of aromatic nitrogens is 2. The van der Waals surface area contributed by atoms with Crippen LogP contribution in [0.1, 0.15) is 27.9 Å². The van der Waals surface area contributed by atoms with Crippen LogP contribution in [0.25, 0.3) is 11.4 Å². The number of alkyl halides is 3. The molecule has 1 heterocycles. The summed E-state index contributed by atoms with van der Waals surface area (Å²) in [6.45, 7) is -0.505. The Morgan fingerprint density at radius 3 is 2.34 bits per heavy atom. The van der Waals surface area contributed by atoms with E-state index < -0.39 is 30.3 Å². The van der Waals surface area contributed by atoms with Gasteiger partial charge in [-0.2, -0.15) is 18.2 Å². The first-order valence-corrected chi connectivity index (χ1v) is 8.52. The Morgan fingerprint density at radius 2 is 1.79 bits per heavy atom. The van der Waals surface area contributed by atoms with Crippen LogP contribution in [0.4, 0.5) is 18.9 Å². The van der Waals surface area contributed by atoms with Crippen LogP contribution in [0, 0.1) is 0 Å². The topological polar surface area (TPSA) is 100 Å². The number of carbonyl (C=O) groups is 1. The number of hydrogen-bond donors (Lipinski definition) is 3. The van der Waals surface area contributed by atoms with Crippen LogP contribution in [0.3, 0.4) is 0 Å². The van der Waals surface area contributed by atoms with Crippen molar-refractivity contribution in [2.45, 2.75) is 12.2 Å². The number of aliphatic hydroxyl groups is 1. The van der Waals surface area contributed by atoms with Crippen molar-refractivity contribution in [3.63, 3.8) is 0 Å². The molecule has 0 aliphatic rings. The molecule has 10 heteroatoms. The fourth-order valence-corrected chi connectivity index (χ4v) is 2.52. The summed E-state index contributed by atoms with van der Waals surface area (Å²) in [7, 11) is 1.75. The molecule has 0 bridgehead atoms. The molecule has 0 saturated heterocycles. The molecule has 7 nitrogen and oxygen atoms in total. The molecule has 3 aromatic rings. The first-order valence-electron chi connectivity index (χ1n) is 8.52. The molecule has 0 saturated carbocycles. The van der Waals surface area contributed by atoms with Crippen molar-refractivity contribution >= 4 is 11.6 Å². The third-order valence-corrected chi connectivity index (χ3v) is 4.13. The Bertz CT molecular complexity index is 970. The Morgan fingerprint density at radius 1 is 1.14 bits per heavy atom. The molecule has 29 heavy (non-hydrogen) atoms. The van der Waals surface area contributed by atoms with E-state index in [2.05, 4.69) is 20.8 Å². The lowest BCUT2D eigenvalue weighted by Crippen LogP contribution is -2.31. The average molecular weight is 406 g/mol. The van der Waals surface area contributed by atoms with E-state index in [4.69, 9.17) is 4.52 Å². The standard InChI is InChI=1S/C19H17F3N4O3/c1-23-14-8-4-12(5-9-14)17(28)24-15(10-27)18-25-16(26-29-18)11-2-6-13(7-3-11)19(20,21)22/h2-9,15,23,27H,10H2,1H3,(H,24,28)/t15-/m0/s1. The van der Waals surface area contributed by atoms with Crippen LogP contribution in [-0.2, 0) is 6.18 Å². The van der Waals surface area contributed by atoms with Gasteiger partial charge in [-0.05, 0) is 36.4 Å². The average Bonchev–Trinajstić information content (AvgIpc) is 3.21. The van der Waals surface area contributed by atoms with E-state index in [0.717, 1.165) is 17.8 Å². The molecule has 152 valence electrons. The van der Waals surface area contributed by atoms with Gasteiger partial charge in [-0.3, -0.25) is 4.79 Å². The van der Waals surface area contributed by atoms with Gasteiger partial charge < -0.3 is 20.3 Å². The van der Waals surface area contributed by atoms with Gasteiger partial charge >= 0.3 is 6.18 Å². The number of rotatable bonds is 6. The van der Waals surface area contributed by atoms with E-state index in [0.29, 0.717) is 11.1 Å². The number of benzene rings is 2. The molecule has 1 atom stereocenters. The van der Waals surface area contributed by atoms with Crippen LogP contribution in [-0.4, -0.2) is 34.8 Å². The summed E-state index contributed by atoms with van der Waals surface area (Å²) in [5, 5.41) is 18.8. The lowest BCUT2D eigenvalue weighted by Gasteiger charge is -2.12.